The van der Waals surface area contributed by atoms with Gasteiger partial charge in [-0.15, -0.1) is 0 Å². The molecule has 2 N–H and O–H groups in total. The highest BCUT2D eigenvalue weighted by Crippen LogP contribution is 2.20. The molecule has 0 saturated heterocycles. The van der Waals surface area contributed by atoms with E-state index >= 15 is 0 Å². The SMILES string of the molecule is CCc1ccccc1OCc1cccnc1CN. The van der Waals surface area contributed by atoms with Gasteiger partial charge in [-0.3, -0.25) is 4.98 Å². The molecule has 0 fully saturated rings. The monoisotopic (exact) mass is 242 g/mol. The van der Waals surface area contributed by atoms with Crippen LogP contribution in [0.25, 0.3) is 0 Å². The van der Waals surface area contributed by atoms with Crippen LogP contribution in [0.2, 0.25) is 0 Å². The first-order chi connectivity index (χ1) is 8.85. The van der Waals surface area contributed by atoms with Gasteiger partial charge in [0.15, 0.2) is 0 Å². The molecular weight excluding hydrogens is 224 g/mol. The molecule has 1 aromatic heterocycles. The van der Waals surface area contributed by atoms with Crippen molar-refractivity contribution in [2.24, 2.45) is 5.73 Å². The van der Waals surface area contributed by atoms with Gasteiger partial charge in [-0.2, -0.15) is 0 Å². The number of rotatable bonds is 5. The summed E-state index contributed by atoms with van der Waals surface area (Å²) in [6.45, 7) is 3.07. The Morgan fingerprint density at radius 2 is 1.89 bits per heavy atom. The number of nitrogens with zero attached hydrogens (tertiary/aromatic N) is 1. The lowest BCUT2D eigenvalue weighted by molar-refractivity contribution is 0.301. The molecule has 0 spiro atoms. The number of aryl methyl sites for hydroxylation is 1. The van der Waals surface area contributed by atoms with Gasteiger partial charge in [-0.1, -0.05) is 31.2 Å². The molecule has 0 atom stereocenters. The zero-order valence-electron chi connectivity index (χ0n) is 10.6. The van der Waals surface area contributed by atoms with Gasteiger partial charge in [0.1, 0.15) is 12.4 Å². The quantitative estimate of drug-likeness (QED) is 0.877. The Bertz CT molecular complexity index is 464. The van der Waals surface area contributed by atoms with Gasteiger partial charge in [-0.05, 0) is 24.1 Å². The molecule has 1 heterocycles. The fourth-order valence-corrected chi connectivity index (χ4v) is 1.88. The summed E-state index contributed by atoms with van der Waals surface area (Å²) >= 11 is 0. The Labute approximate surface area is 108 Å². The minimum absolute atomic E-state index is 0.439. The summed E-state index contributed by atoms with van der Waals surface area (Å²) in [5.41, 5.74) is 8.82. The van der Waals surface area contributed by atoms with Crippen molar-refractivity contribution in [3.8, 4) is 5.75 Å². The van der Waals surface area contributed by atoms with E-state index in [1.165, 1.54) is 5.56 Å². The molecule has 18 heavy (non-hydrogen) atoms. The molecule has 0 radical (unpaired) electrons. The van der Waals surface area contributed by atoms with Gasteiger partial charge in [0, 0.05) is 18.3 Å². The molecule has 94 valence electrons. The summed E-state index contributed by atoms with van der Waals surface area (Å²) in [6.07, 6.45) is 2.72. The lowest BCUT2D eigenvalue weighted by Crippen LogP contribution is -2.07. The second-order valence-corrected chi connectivity index (χ2v) is 4.06. The molecule has 2 rings (SSSR count). The van der Waals surface area contributed by atoms with Crippen molar-refractivity contribution in [1.29, 1.82) is 0 Å². The highest BCUT2D eigenvalue weighted by Gasteiger charge is 2.04. The lowest BCUT2D eigenvalue weighted by Gasteiger charge is -2.11. The maximum Gasteiger partial charge on any atom is 0.122 e. The number of ether oxygens (including phenoxy) is 1. The van der Waals surface area contributed by atoms with Crippen LogP contribution in [0.5, 0.6) is 5.75 Å². The van der Waals surface area contributed by atoms with Crippen LogP contribution >= 0.6 is 0 Å². The highest BCUT2D eigenvalue weighted by atomic mass is 16.5. The second-order valence-electron chi connectivity index (χ2n) is 4.06. The van der Waals surface area contributed by atoms with E-state index < -0.39 is 0 Å². The van der Waals surface area contributed by atoms with Crippen molar-refractivity contribution in [2.45, 2.75) is 26.5 Å². The van der Waals surface area contributed by atoms with Crippen LogP contribution in [0.1, 0.15) is 23.7 Å². The van der Waals surface area contributed by atoms with Crippen LogP contribution < -0.4 is 10.5 Å². The lowest BCUT2D eigenvalue weighted by atomic mass is 10.1. The average Bonchev–Trinajstić information content (AvgIpc) is 2.45. The molecule has 1 aromatic carbocycles. The molecule has 3 heteroatoms. The third-order valence-corrected chi connectivity index (χ3v) is 2.91. The summed E-state index contributed by atoms with van der Waals surface area (Å²) in [5.74, 6) is 0.937. The van der Waals surface area contributed by atoms with E-state index in [1.807, 2.05) is 30.3 Å². The number of pyridine rings is 1. The van der Waals surface area contributed by atoms with Crippen molar-refractivity contribution in [2.75, 3.05) is 0 Å². The van der Waals surface area contributed by atoms with Crippen molar-refractivity contribution >= 4 is 0 Å². The average molecular weight is 242 g/mol. The number of aromatic nitrogens is 1. The molecule has 0 unspecified atom stereocenters. The van der Waals surface area contributed by atoms with Crippen molar-refractivity contribution in [3.05, 3.63) is 59.4 Å². The van der Waals surface area contributed by atoms with Crippen LogP contribution in [-0.2, 0) is 19.6 Å². The highest BCUT2D eigenvalue weighted by molar-refractivity contribution is 5.33. The Balaban J connectivity index is 2.11. The van der Waals surface area contributed by atoms with Crippen molar-refractivity contribution in [1.82, 2.24) is 4.98 Å². The molecule has 0 aliphatic rings. The minimum atomic E-state index is 0.439. The molecule has 0 aliphatic carbocycles. The van der Waals surface area contributed by atoms with Gasteiger partial charge < -0.3 is 10.5 Å². The minimum Gasteiger partial charge on any atom is -0.489 e. The summed E-state index contributed by atoms with van der Waals surface area (Å²) in [6, 6.07) is 12.0. The van der Waals surface area contributed by atoms with E-state index in [1.54, 1.807) is 6.20 Å². The third-order valence-electron chi connectivity index (χ3n) is 2.91. The van der Waals surface area contributed by atoms with Gasteiger partial charge in [0.25, 0.3) is 0 Å². The zero-order valence-corrected chi connectivity index (χ0v) is 10.6. The van der Waals surface area contributed by atoms with E-state index in [-0.39, 0.29) is 0 Å². The number of benzene rings is 1. The van der Waals surface area contributed by atoms with E-state index in [0.29, 0.717) is 13.2 Å². The first kappa shape index (κ1) is 12.6. The summed E-state index contributed by atoms with van der Waals surface area (Å²) in [7, 11) is 0. The second kappa shape index (κ2) is 6.17. The normalized spacial score (nSPS) is 10.3. The molecule has 0 amide bonds. The van der Waals surface area contributed by atoms with Crippen LogP contribution in [0.3, 0.4) is 0 Å². The number of hydrogen-bond acceptors (Lipinski definition) is 3. The van der Waals surface area contributed by atoms with Gasteiger partial charge in [0.05, 0.1) is 5.69 Å². The van der Waals surface area contributed by atoms with Crippen molar-refractivity contribution in [3.63, 3.8) is 0 Å². The Morgan fingerprint density at radius 3 is 2.67 bits per heavy atom. The molecular formula is C15H18N2O. The molecule has 0 aliphatic heterocycles. The molecule has 0 bridgehead atoms. The predicted octanol–water partition coefficient (Wildman–Crippen LogP) is 2.68. The molecule has 3 nitrogen and oxygen atoms in total. The first-order valence-electron chi connectivity index (χ1n) is 6.18. The Kier molecular flexibility index (Phi) is 4.31. The first-order valence-corrected chi connectivity index (χ1v) is 6.18. The van der Waals surface area contributed by atoms with Gasteiger partial charge in [0.2, 0.25) is 0 Å². The fraction of sp³-hybridized carbons (Fsp3) is 0.267. The fourth-order valence-electron chi connectivity index (χ4n) is 1.88. The predicted molar refractivity (Wildman–Crippen MR) is 72.3 cm³/mol. The van der Waals surface area contributed by atoms with Crippen LogP contribution in [0, 0.1) is 0 Å². The van der Waals surface area contributed by atoms with Crippen molar-refractivity contribution < 1.29 is 4.74 Å². The summed E-state index contributed by atoms with van der Waals surface area (Å²) < 4.78 is 5.86. The summed E-state index contributed by atoms with van der Waals surface area (Å²) in [4.78, 5) is 4.25. The van der Waals surface area contributed by atoms with Gasteiger partial charge >= 0.3 is 0 Å². The molecule has 2 aromatic rings. The maximum absolute atomic E-state index is 5.86. The topological polar surface area (TPSA) is 48.1 Å². The van der Waals surface area contributed by atoms with Crippen LogP contribution in [-0.4, -0.2) is 4.98 Å². The van der Waals surface area contributed by atoms with E-state index in [0.717, 1.165) is 23.4 Å². The van der Waals surface area contributed by atoms with E-state index in [2.05, 4.69) is 18.0 Å². The van der Waals surface area contributed by atoms with E-state index in [9.17, 15) is 0 Å². The standard InChI is InChI=1S/C15H18N2O/c1-2-12-6-3-4-8-15(12)18-11-13-7-5-9-17-14(13)10-16/h3-9H,2,10-11,16H2,1H3. The third kappa shape index (κ3) is 2.87. The Morgan fingerprint density at radius 1 is 1.11 bits per heavy atom. The zero-order chi connectivity index (χ0) is 12.8. The van der Waals surface area contributed by atoms with Crippen LogP contribution in [0.4, 0.5) is 0 Å². The smallest absolute Gasteiger partial charge is 0.122 e. The summed E-state index contributed by atoms with van der Waals surface area (Å²) in [5, 5.41) is 0. The number of hydrogen-bond donors (Lipinski definition) is 1. The largest absolute Gasteiger partial charge is 0.489 e. The number of nitrogens with two attached hydrogens (primary N) is 1. The van der Waals surface area contributed by atoms with E-state index in [4.69, 9.17) is 10.5 Å². The number of para-hydroxylation sites is 1. The van der Waals surface area contributed by atoms with Gasteiger partial charge in [-0.25, -0.2) is 0 Å². The van der Waals surface area contributed by atoms with Crippen LogP contribution in [0.15, 0.2) is 42.6 Å². The maximum atomic E-state index is 5.86. The Hall–Kier alpha value is -1.87. The molecule has 0 saturated carbocycles.